The Bertz CT molecular complexity index is 1070. The minimum absolute atomic E-state index is 0.0153. The molecule has 1 aliphatic rings. The molecule has 1 unspecified atom stereocenters. The molecule has 1 heterocycles. The Balaban J connectivity index is 1.99. The Kier molecular flexibility index (Phi) is 4.20. The van der Waals surface area contributed by atoms with E-state index in [-0.39, 0.29) is 15.5 Å². The summed E-state index contributed by atoms with van der Waals surface area (Å²) in [6, 6.07) is 20.5. The number of ether oxygens (including phenoxy) is 1. The van der Waals surface area contributed by atoms with Gasteiger partial charge in [-0.15, -0.1) is 0 Å². The Morgan fingerprint density at radius 1 is 0.808 bits per heavy atom. The van der Waals surface area contributed by atoms with Gasteiger partial charge in [0.2, 0.25) is 9.84 Å². The Morgan fingerprint density at radius 3 is 2.19 bits per heavy atom. The van der Waals surface area contributed by atoms with Crippen LogP contribution in [0.15, 0.2) is 97.3 Å². The van der Waals surface area contributed by atoms with Gasteiger partial charge in [-0.25, -0.2) is 8.42 Å². The zero-order valence-electron chi connectivity index (χ0n) is 13.3. The quantitative estimate of drug-likeness (QED) is 0.482. The number of hydrogen-bond acceptors (Lipinski definition) is 3. The van der Waals surface area contributed by atoms with E-state index < -0.39 is 27.3 Å². The van der Waals surface area contributed by atoms with Crippen molar-refractivity contribution >= 4 is 20.7 Å². The van der Waals surface area contributed by atoms with Gasteiger partial charge in [0, 0.05) is 6.07 Å². The molecule has 3 nitrogen and oxygen atoms in total. The summed E-state index contributed by atoms with van der Waals surface area (Å²) in [4.78, 5) is 2.46. The number of benzene rings is 3. The van der Waals surface area contributed by atoms with E-state index in [1.165, 1.54) is 12.1 Å². The molecule has 0 amide bonds. The van der Waals surface area contributed by atoms with Crippen LogP contribution in [0.4, 0.5) is 8.78 Å². The third kappa shape index (κ3) is 2.77. The fourth-order valence-electron chi connectivity index (χ4n) is 2.93. The van der Waals surface area contributed by atoms with E-state index in [0.29, 0.717) is 9.79 Å². The molecule has 0 bridgehead atoms. The van der Waals surface area contributed by atoms with Gasteiger partial charge >= 0.3 is 6.61 Å². The van der Waals surface area contributed by atoms with Crippen molar-refractivity contribution in [3.05, 3.63) is 72.8 Å². The molecule has 0 spiro atoms. The molecule has 4 rings (SSSR count). The predicted molar refractivity (Wildman–Crippen MR) is 93.6 cm³/mol. The molecule has 0 fully saturated rings. The summed E-state index contributed by atoms with van der Waals surface area (Å²) in [6.45, 7) is -3.01. The van der Waals surface area contributed by atoms with Crippen molar-refractivity contribution in [1.29, 1.82) is 0 Å². The Labute approximate surface area is 152 Å². The van der Waals surface area contributed by atoms with Gasteiger partial charge in [-0.05, 0) is 36.4 Å². The van der Waals surface area contributed by atoms with Gasteiger partial charge in [0.1, 0.15) is 26.4 Å². The molecular formula is C19H13F2O3S2+. The Hall–Kier alpha value is -2.38. The van der Waals surface area contributed by atoms with Crippen LogP contribution in [0, 0.1) is 0 Å². The van der Waals surface area contributed by atoms with E-state index in [9.17, 15) is 17.2 Å². The van der Waals surface area contributed by atoms with Crippen LogP contribution < -0.4 is 4.74 Å². The fourth-order valence-corrected chi connectivity index (χ4v) is 7.64. The average molecular weight is 391 g/mol. The van der Waals surface area contributed by atoms with Crippen LogP contribution in [0.3, 0.4) is 0 Å². The molecule has 0 aliphatic carbocycles. The second-order valence-electron chi connectivity index (χ2n) is 5.56. The summed E-state index contributed by atoms with van der Waals surface area (Å²) in [5.74, 6) is -0.168. The topological polar surface area (TPSA) is 43.4 Å². The second-order valence-corrected chi connectivity index (χ2v) is 9.41. The smallest absolute Gasteiger partial charge is 0.387 e. The molecule has 0 aromatic heterocycles. The SMILES string of the molecule is O=S1(=O)c2ccccc2[S+](c2ccccc2)c2ccc(OC(F)F)cc21. The highest BCUT2D eigenvalue weighted by Gasteiger charge is 2.45. The zero-order valence-corrected chi connectivity index (χ0v) is 14.9. The first kappa shape index (κ1) is 17.1. The van der Waals surface area contributed by atoms with E-state index in [1.807, 2.05) is 30.3 Å². The lowest BCUT2D eigenvalue weighted by molar-refractivity contribution is -0.0500. The number of fused-ring (bicyclic) bond motifs is 2. The molecule has 26 heavy (non-hydrogen) atoms. The average Bonchev–Trinajstić information content (AvgIpc) is 2.63. The lowest BCUT2D eigenvalue weighted by atomic mass is 10.3. The zero-order chi connectivity index (χ0) is 18.3. The van der Waals surface area contributed by atoms with E-state index >= 15 is 0 Å². The van der Waals surface area contributed by atoms with Crippen molar-refractivity contribution in [2.75, 3.05) is 0 Å². The van der Waals surface area contributed by atoms with Gasteiger partial charge in [-0.3, -0.25) is 0 Å². The van der Waals surface area contributed by atoms with Gasteiger partial charge in [0.15, 0.2) is 14.7 Å². The molecule has 132 valence electrons. The van der Waals surface area contributed by atoms with Gasteiger partial charge in [-0.2, -0.15) is 8.78 Å². The van der Waals surface area contributed by atoms with Gasteiger partial charge in [0.25, 0.3) is 0 Å². The third-order valence-corrected chi connectivity index (χ3v) is 8.43. The maximum Gasteiger partial charge on any atom is 0.387 e. The first-order chi connectivity index (χ1) is 12.5. The lowest BCUT2D eigenvalue weighted by Crippen LogP contribution is -2.20. The highest BCUT2D eigenvalue weighted by molar-refractivity contribution is 8.00. The van der Waals surface area contributed by atoms with Crippen molar-refractivity contribution in [3.63, 3.8) is 0 Å². The number of alkyl halides is 2. The van der Waals surface area contributed by atoms with Crippen LogP contribution in [-0.4, -0.2) is 15.0 Å². The number of rotatable bonds is 3. The second kappa shape index (κ2) is 6.41. The molecule has 3 aromatic carbocycles. The van der Waals surface area contributed by atoms with E-state index in [4.69, 9.17) is 0 Å². The van der Waals surface area contributed by atoms with Gasteiger partial charge < -0.3 is 4.74 Å². The summed E-state index contributed by atoms with van der Waals surface area (Å²) in [5, 5.41) is 0. The summed E-state index contributed by atoms with van der Waals surface area (Å²) >= 11 is 0. The van der Waals surface area contributed by atoms with Crippen molar-refractivity contribution < 1.29 is 21.9 Å². The molecule has 1 atom stereocenters. The molecule has 0 saturated carbocycles. The van der Waals surface area contributed by atoms with Crippen LogP contribution in [0.25, 0.3) is 0 Å². The Morgan fingerprint density at radius 2 is 1.46 bits per heavy atom. The van der Waals surface area contributed by atoms with Crippen molar-refractivity contribution in [2.24, 2.45) is 0 Å². The van der Waals surface area contributed by atoms with E-state index in [1.54, 1.807) is 30.3 Å². The molecule has 0 saturated heterocycles. The van der Waals surface area contributed by atoms with Crippen molar-refractivity contribution in [2.45, 2.75) is 31.1 Å². The summed E-state index contributed by atoms with van der Waals surface area (Å²) in [7, 11) is -4.47. The first-order valence-electron chi connectivity index (χ1n) is 7.71. The minimum Gasteiger partial charge on any atom is -0.435 e. The molecule has 1 aliphatic heterocycles. The highest BCUT2D eigenvalue weighted by atomic mass is 32.2. The summed E-state index contributed by atoms with van der Waals surface area (Å²) < 4.78 is 55.7. The molecule has 3 aromatic rings. The first-order valence-corrected chi connectivity index (χ1v) is 10.4. The van der Waals surface area contributed by atoms with Crippen LogP contribution >= 0.6 is 0 Å². The molecule has 7 heteroatoms. The monoisotopic (exact) mass is 391 g/mol. The summed E-state index contributed by atoms with van der Waals surface area (Å²) in [5.41, 5.74) is 0. The molecule has 0 radical (unpaired) electrons. The minimum atomic E-state index is -3.82. The van der Waals surface area contributed by atoms with Crippen molar-refractivity contribution in [3.8, 4) is 5.75 Å². The maximum absolute atomic E-state index is 13.1. The van der Waals surface area contributed by atoms with Crippen LogP contribution in [0.5, 0.6) is 5.75 Å². The predicted octanol–water partition coefficient (Wildman–Crippen LogP) is 4.53. The number of halogens is 2. The highest BCUT2D eigenvalue weighted by Crippen LogP contribution is 2.45. The molecule has 0 N–H and O–H groups in total. The van der Waals surface area contributed by atoms with Crippen LogP contribution in [0.1, 0.15) is 0 Å². The maximum atomic E-state index is 13.1. The van der Waals surface area contributed by atoms with E-state index in [2.05, 4.69) is 4.74 Å². The lowest BCUT2D eigenvalue weighted by Gasteiger charge is -2.20. The van der Waals surface area contributed by atoms with Gasteiger partial charge in [-0.1, -0.05) is 30.3 Å². The number of sulfone groups is 1. The van der Waals surface area contributed by atoms with Crippen molar-refractivity contribution in [1.82, 2.24) is 0 Å². The molecular weight excluding hydrogens is 378 g/mol. The van der Waals surface area contributed by atoms with Crippen LogP contribution in [-0.2, 0) is 20.7 Å². The standard InChI is InChI=1S/C19H13F2O3S2/c20-19(21)24-13-10-11-16-18(12-13)26(22,23)17-9-5-4-8-15(17)25(16)14-6-2-1-3-7-14/h1-12,19H/q+1. The normalized spacial score (nSPS) is 17.4. The van der Waals surface area contributed by atoms with Crippen LogP contribution in [0.2, 0.25) is 0 Å². The third-order valence-electron chi connectivity index (χ3n) is 3.99. The fraction of sp³-hybridized carbons (Fsp3) is 0.0526. The summed E-state index contributed by atoms with van der Waals surface area (Å²) in [6.07, 6.45) is 0. The largest absolute Gasteiger partial charge is 0.435 e. The van der Waals surface area contributed by atoms with E-state index in [0.717, 1.165) is 4.90 Å². The number of hydrogen-bond donors (Lipinski definition) is 0. The van der Waals surface area contributed by atoms with Gasteiger partial charge in [0.05, 0.1) is 0 Å².